The molecule has 0 N–H and O–H groups in total. The zero-order valence-corrected chi connectivity index (χ0v) is 11.5. The number of hydrogen-bond acceptors (Lipinski definition) is 8. The van der Waals surface area contributed by atoms with E-state index in [1.54, 1.807) is 47.0 Å². The molecular weight excluding hydrogens is 268 g/mol. The van der Waals surface area contributed by atoms with Crippen LogP contribution in [0.15, 0.2) is 9.98 Å². The molecule has 1 aliphatic rings. The zero-order chi connectivity index (χ0) is 13.1. The minimum Gasteiger partial charge on any atom is -0.291 e. The lowest BCUT2D eigenvalue weighted by Gasteiger charge is -2.33. The van der Waals surface area contributed by atoms with E-state index in [4.69, 9.17) is 10.5 Å². The molecule has 0 saturated carbocycles. The van der Waals surface area contributed by atoms with Crippen molar-refractivity contribution in [3.05, 3.63) is 0 Å². The standard InChI is InChI=1S/C10H14N6S2/c11-5-13-7-17-9-15-1-2-16(4-3-15)10-18-8-14-6-12/h7-8H,1-4,9-10H2. The molecule has 0 aromatic rings. The Bertz CT molecular complexity index is 326. The lowest BCUT2D eigenvalue weighted by Crippen LogP contribution is -2.45. The molecule has 0 aromatic carbocycles. The van der Waals surface area contributed by atoms with Gasteiger partial charge in [-0.3, -0.25) is 9.80 Å². The second-order valence-electron chi connectivity index (χ2n) is 3.50. The topological polar surface area (TPSA) is 78.8 Å². The molecule has 8 heteroatoms. The quantitative estimate of drug-likeness (QED) is 0.411. The maximum absolute atomic E-state index is 8.24. The number of piperazine rings is 1. The minimum atomic E-state index is 0.877. The lowest BCUT2D eigenvalue weighted by molar-refractivity contribution is 0.169. The van der Waals surface area contributed by atoms with E-state index < -0.39 is 0 Å². The van der Waals surface area contributed by atoms with E-state index in [0.29, 0.717) is 0 Å². The first-order chi connectivity index (χ1) is 8.86. The molecule has 1 saturated heterocycles. The van der Waals surface area contributed by atoms with Gasteiger partial charge in [-0.05, 0) is 0 Å². The van der Waals surface area contributed by atoms with E-state index in [9.17, 15) is 0 Å². The first-order valence-electron chi connectivity index (χ1n) is 5.36. The summed E-state index contributed by atoms with van der Waals surface area (Å²) in [5, 5.41) is 16.5. The van der Waals surface area contributed by atoms with Crippen molar-refractivity contribution in [1.82, 2.24) is 9.80 Å². The normalized spacial score (nSPS) is 18.1. The molecule has 0 bridgehead atoms. The van der Waals surface area contributed by atoms with Crippen LogP contribution in [0.4, 0.5) is 0 Å². The molecule has 96 valence electrons. The molecule has 0 amide bonds. The van der Waals surface area contributed by atoms with Crippen molar-refractivity contribution in [2.24, 2.45) is 9.98 Å². The third kappa shape index (κ3) is 6.62. The Morgan fingerprint density at radius 1 is 0.889 bits per heavy atom. The fourth-order valence-electron chi connectivity index (χ4n) is 1.45. The number of thioether (sulfide) groups is 2. The van der Waals surface area contributed by atoms with Crippen LogP contribution in [0.2, 0.25) is 0 Å². The molecule has 1 aliphatic heterocycles. The van der Waals surface area contributed by atoms with Crippen molar-refractivity contribution in [1.29, 1.82) is 10.5 Å². The van der Waals surface area contributed by atoms with Gasteiger partial charge in [0, 0.05) is 26.2 Å². The Balaban J connectivity index is 2.09. The summed E-state index contributed by atoms with van der Waals surface area (Å²) < 4.78 is 0. The van der Waals surface area contributed by atoms with Crippen molar-refractivity contribution in [2.75, 3.05) is 37.9 Å². The Morgan fingerprint density at radius 3 is 1.61 bits per heavy atom. The van der Waals surface area contributed by atoms with Gasteiger partial charge in [0.25, 0.3) is 0 Å². The molecule has 1 rings (SSSR count). The molecule has 0 atom stereocenters. The smallest absolute Gasteiger partial charge is 0.206 e. The summed E-state index contributed by atoms with van der Waals surface area (Å²) in [6.45, 7) is 4.07. The van der Waals surface area contributed by atoms with Crippen molar-refractivity contribution in [2.45, 2.75) is 0 Å². The van der Waals surface area contributed by atoms with Gasteiger partial charge in [-0.25, -0.2) is 0 Å². The summed E-state index contributed by atoms with van der Waals surface area (Å²) in [6.07, 6.45) is 3.46. The predicted octanol–water partition coefficient (Wildman–Crippen LogP) is 1.00. The van der Waals surface area contributed by atoms with Crippen molar-refractivity contribution < 1.29 is 0 Å². The highest BCUT2D eigenvalue weighted by atomic mass is 32.2. The largest absolute Gasteiger partial charge is 0.291 e. The van der Waals surface area contributed by atoms with Gasteiger partial charge in [-0.1, -0.05) is 23.5 Å². The van der Waals surface area contributed by atoms with E-state index >= 15 is 0 Å². The molecule has 0 radical (unpaired) electrons. The Labute approximate surface area is 115 Å². The number of nitrogens with zero attached hydrogens (tertiary/aromatic N) is 6. The van der Waals surface area contributed by atoms with E-state index in [0.717, 1.165) is 37.9 Å². The Morgan fingerprint density at radius 2 is 1.28 bits per heavy atom. The molecule has 18 heavy (non-hydrogen) atoms. The summed E-state index contributed by atoms with van der Waals surface area (Å²) in [7, 11) is 0. The number of aliphatic imine (C=N–C) groups is 2. The molecule has 0 aliphatic carbocycles. The number of hydrogen-bond donors (Lipinski definition) is 0. The first kappa shape index (κ1) is 15.0. The highest BCUT2D eigenvalue weighted by Gasteiger charge is 2.15. The van der Waals surface area contributed by atoms with Crippen LogP contribution in [-0.4, -0.2) is 58.8 Å². The van der Waals surface area contributed by atoms with Crippen LogP contribution in [0.1, 0.15) is 0 Å². The van der Waals surface area contributed by atoms with Crippen molar-refractivity contribution in [3.8, 4) is 12.4 Å². The SMILES string of the molecule is N#CN=CSCN1CCN(CSC=NC#N)CC1. The van der Waals surface area contributed by atoms with E-state index in [2.05, 4.69) is 19.8 Å². The van der Waals surface area contributed by atoms with Gasteiger partial charge < -0.3 is 0 Å². The summed E-state index contributed by atoms with van der Waals surface area (Å²) in [5.74, 6) is 1.75. The summed E-state index contributed by atoms with van der Waals surface area (Å²) >= 11 is 3.08. The highest BCUT2D eigenvalue weighted by Crippen LogP contribution is 2.09. The van der Waals surface area contributed by atoms with Crippen LogP contribution < -0.4 is 0 Å². The van der Waals surface area contributed by atoms with Crippen LogP contribution in [0, 0.1) is 22.9 Å². The van der Waals surface area contributed by atoms with Gasteiger partial charge >= 0.3 is 0 Å². The van der Waals surface area contributed by atoms with Crippen LogP contribution in [-0.2, 0) is 0 Å². The second kappa shape index (κ2) is 9.92. The summed E-state index contributed by atoms with van der Waals surface area (Å²) in [5.41, 5.74) is 3.17. The van der Waals surface area contributed by atoms with Crippen LogP contribution in [0.3, 0.4) is 0 Å². The van der Waals surface area contributed by atoms with Gasteiger partial charge in [0.15, 0.2) is 0 Å². The molecule has 1 fully saturated rings. The lowest BCUT2D eigenvalue weighted by atomic mass is 10.4. The van der Waals surface area contributed by atoms with Crippen molar-refractivity contribution in [3.63, 3.8) is 0 Å². The minimum absolute atomic E-state index is 0.877. The third-order valence-electron chi connectivity index (χ3n) is 2.35. The van der Waals surface area contributed by atoms with E-state index in [-0.39, 0.29) is 0 Å². The zero-order valence-electron chi connectivity index (χ0n) is 9.90. The highest BCUT2D eigenvalue weighted by molar-refractivity contribution is 8.12. The monoisotopic (exact) mass is 282 g/mol. The molecule has 6 nitrogen and oxygen atoms in total. The molecular formula is C10H14N6S2. The molecule has 0 spiro atoms. The number of rotatable bonds is 6. The fourth-order valence-corrected chi connectivity index (χ4v) is 2.76. The second-order valence-corrected chi connectivity index (χ2v) is 5.10. The fraction of sp³-hybridized carbons (Fsp3) is 0.600. The molecule has 0 unspecified atom stereocenters. The van der Waals surface area contributed by atoms with Gasteiger partial charge in [0.2, 0.25) is 12.4 Å². The van der Waals surface area contributed by atoms with Crippen LogP contribution in [0.5, 0.6) is 0 Å². The van der Waals surface area contributed by atoms with Crippen LogP contribution in [0.25, 0.3) is 0 Å². The van der Waals surface area contributed by atoms with Crippen molar-refractivity contribution >= 4 is 34.6 Å². The predicted molar refractivity (Wildman–Crippen MR) is 76.3 cm³/mol. The Hall–Kier alpha value is -1.06. The van der Waals surface area contributed by atoms with Gasteiger partial charge in [-0.15, -0.1) is 0 Å². The average Bonchev–Trinajstić information content (AvgIpc) is 2.41. The van der Waals surface area contributed by atoms with Gasteiger partial charge in [0.05, 0.1) is 22.8 Å². The van der Waals surface area contributed by atoms with Gasteiger partial charge in [-0.2, -0.15) is 20.5 Å². The Kier molecular flexibility index (Phi) is 8.26. The molecule has 1 heterocycles. The van der Waals surface area contributed by atoms with E-state index in [1.165, 1.54) is 0 Å². The average molecular weight is 282 g/mol. The third-order valence-corrected chi connectivity index (χ3v) is 3.89. The van der Waals surface area contributed by atoms with E-state index in [1.807, 2.05) is 0 Å². The molecule has 0 aromatic heterocycles. The maximum atomic E-state index is 8.24. The van der Waals surface area contributed by atoms with Crippen LogP contribution >= 0.6 is 23.5 Å². The summed E-state index contributed by atoms with van der Waals surface area (Å²) in [6, 6.07) is 0. The maximum Gasteiger partial charge on any atom is 0.206 e. The summed E-state index contributed by atoms with van der Waals surface area (Å²) in [4.78, 5) is 11.6. The first-order valence-corrected chi connectivity index (χ1v) is 7.45. The van der Waals surface area contributed by atoms with Gasteiger partial charge in [0.1, 0.15) is 0 Å². The number of nitriles is 2.